The van der Waals surface area contributed by atoms with Crippen molar-refractivity contribution in [2.75, 3.05) is 20.3 Å². The third-order valence-corrected chi connectivity index (χ3v) is 6.51. The van der Waals surface area contributed by atoms with Crippen LogP contribution in [-0.4, -0.2) is 29.7 Å². The van der Waals surface area contributed by atoms with Crippen molar-refractivity contribution in [2.45, 2.75) is 6.42 Å². The number of hydrogen-bond donors (Lipinski definition) is 0. The first kappa shape index (κ1) is 22.7. The number of methoxy groups -OCH3 is 1. The molecule has 0 fully saturated rings. The quantitative estimate of drug-likeness (QED) is 0.225. The molecule has 0 radical (unpaired) electrons. The Kier molecular flexibility index (Phi) is 6.50. The van der Waals surface area contributed by atoms with Gasteiger partial charge in [-0.05, 0) is 60.0 Å². The number of rotatable bonds is 9. The smallest absolute Gasteiger partial charge is 0.274 e. The summed E-state index contributed by atoms with van der Waals surface area (Å²) in [6.07, 6.45) is 4.51. The molecule has 5 rings (SSSR count). The second kappa shape index (κ2) is 10.0. The van der Waals surface area contributed by atoms with E-state index in [0.717, 1.165) is 34.3 Å². The Morgan fingerprint density at radius 1 is 1.00 bits per heavy atom. The molecule has 0 N–H and O–H groups in total. The van der Waals surface area contributed by atoms with Crippen molar-refractivity contribution in [1.29, 1.82) is 0 Å². The Morgan fingerprint density at radius 2 is 1.80 bits per heavy atom. The first-order valence-corrected chi connectivity index (χ1v) is 12.0. The topological polar surface area (TPSA) is 62.1 Å². The molecule has 7 heteroatoms. The Bertz CT molecular complexity index is 1600. The van der Waals surface area contributed by atoms with E-state index in [2.05, 4.69) is 11.6 Å². The maximum Gasteiger partial charge on any atom is 0.274 e. The van der Waals surface area contributed by atoms with Crippen LogP contribution in [0.15, 0.2) is 84.2 Å². The van der Waals surface area contributed by atoms with Crippen molar-refractivity contribution in [3.8, 4) is 17.2 Å². The fraction of sp³-hybridized carbons (Fsp3) is 0.143. The summed E-state index contributed by atoms with van der Waals surface area (Å²) in [5.41, 5.74) is 3.65. The van der Waals surface area contributed by atoms with Gasteiger partial charge in [-0.25, -0.2) is 9.38 Å². The zero-order chi connectivity index (χ0) is 24.2. The van der Waals surface area contributed by atoms with Crippen LogP contribution < -0.4 is 24.3 Å². The largest absolute Gasteiger partial charge is 0.493 e. The van der Waals surface area contributed by atoms with Crippen LogP contribution in [0.5, 0.6) is 17.2 Å². The summed E-state index contributed by atoms with van der Waals surface area (Å²) in [4.78, 5) is 18.2. The molecule has 2 aromatic heterocycles. The number of benzene rings is 3. The maximum absolute atomic E-state index is 12.9. The second-order valence-electron chi connectivity index (χ2n) is 7.88. The van der Waals surface area contributed by atoms with Crippen molar-refractivity contribution in [3.05, 3.63) is 105 Å². The van der Waals surface area contributed by atoms with E-state index >= 15 is 0 Å². The number of aromatic nitrogens is 2. The van der Waals surface area contributed by atoms with E-state index in [-0.39, 0.29) is 5.56 Å². The van der Waals surface area contributed by atoms with Gasteiger partial charge in [0.2, 0.25) is 0 Å². The highest BCUT2D eigenvalue weighted by molar-refractivity contribution is 7.15. The Labute approximate surface area is 206 Å². The van der Waals surface area contributed by atoms with Crippen molar-refractivity contribution in [2.24, 2.45) is 0 Å². The molecule has 0 atom stereocenters. The van der Waals surface area contributed by atoms with E-state index in [1.807, 2.05) is 78.9 Å². The van der Waals surface area contributed by atoms with E-state index in [9.17, 15) is 4.79 Å². The van der Waals surface area contributed by atoms with Gasteiger partial charge >= 0.3 is 0 Å². The van der Waals surface area contributed by atoms with Gasteiger partial charge in [-0.1, -0.05) is 47.7 Å². The summed E-state index contributed by atoms with van der Waals surface area (Å²) in [5.74, 6) is 2.10. The summed E-state index contributed by atoms with van der Waals surface area (Å²) in [5, 5.41) is 0. The molecule has 0 bridgehead atoms. The monoisotopic (exact) mass is 484 g/mol. The molecule has 3 aromatic carbocycles. The number of fused-ring (bicyclic) bond motifs is 3. The molecule has 0 aliphatic carbocycles. The molecular formula is C28H24N2O4S. The zero-order valence-electron chi connectivity index (χ0n) is 19.3. The SMILES string of the molecule is C=CCc1ccc(OCCOc2ccc(/C=c3/sc4nc5ccccc5n4c3=O)cc2)c(OC)c1. The Balaban J connectivity index is 1.22. The molecule has 35 heavy (non-hydrogen) atoms. The first-order chi connectivity index (χ1) is 17.2. The predicted molar refractivity (Wildman–Crippen MR) is 140 cm³/mol. The van der Waals surface area contributed by atoms with Gasteiger partial charge in [0.15, 0.2) is 16.5 Å². The van der Waals surface area contributed by atoms with Gasteiger partial charge in [0, 0.05) is 0 Å². The maximum atomic E-state index is 12.9. The molecule has 0 spiro atoms. The third kappa shape index (κ3) is 4.76. The van der Waals surface area contributed by atoms with E-state index in [4.69, 9.17) is 14.2 Å². The van der Waals surface area contributed by atoms with Crippen molar-refractivity contribution in [3.63, 3.8) is 0 Å². The number of imidazole rings is 1. The van der Waals surface area contributed by atoms with Crippen molar-refractivity contribution >= 4 is 33.4 Å². The first-order valence-electron chi connectivity index (χ1n) is 11.2. The number of thiazole rings is 1. The van der Waals surface area contributed by atoms with Gasteiger partial charge in [0.05, 0.1) is 22.7 Å². The summed E-state index contributed by atoms with van der Waals surface area (Å²) < 4.78 is 19.4. The summed E-state index contributed by atoms with van der Waals surface area (Å²) in [6.45, 7) is 4.53. The van der Waals surface area contributed by atoms with Crippen molar-refractivity contribution in [1.82, 2.24) is 9.38 Å². The Morgan fingerprint density at radius 3 is 2.60 bits per heavy atom. The fourth-order valence-electron chi connectivity index (χ4n) is 3.86. The van der Waals surface area contributed by atoms with Crippen LogP contribution in [-0.2, 0) is 6.42 Å². The molecule has 0 unspecified atom stereocenters. The van der Waals surface area contributed by atoms with Crippen LogP contribution in [0.2, 0.25) is 0 Å². The van der Waals surface area contributed by atoms with E-state index < -0.39 is 0 Å². The summed E-state index contributed by atoms with van der Waals surface area (Å²) >= 11 is 1.39. The Hall–Kier alpha value is -4.10. The molecule has 0 aliphatic heterocycles. The highest BCUT2D eigenvalue weighted by atomic mass is 32.1. The van der Waals surface area contributed by atoms with Crippen LogP contribution in [0.1, 0.15) is 11.1 Å². The molecular weight excluding hydrogens is 460 g/mol. The average molecular weight is 485 g/mol. The van der Waals surface area contributed by atoms with Crippen LogP contribution in [0.3, 0.4) is 0 Å². The standard InChI is InChI=1S/C28H24N2O4S/c1-3-6-19-11-14-24(25(17-19)32-2)34-16-15-33-21-12-9-20(10-13-21)18-26-27(31)30-23-8-5-4-7-22(23)29-28(30)35-26/h3-5,7-14,17-18H,1,6,15-16H2,2H3/b26-18+. The number of para-hydroxylation sites is 2. The minimum Gasteiger partial charge on any atom is -0.493 e. The number of allylic oxidation sites excluding steroid dienone is 1. The average Bonchev–Trinajstić information content (AvgIpc) is 3.39. The molecule has 0 aliphatic rings. The summed E-state index contributed by atoms with van der Waals surface area (Å²) in [7, 11) is 1.63. The van der Waals surface area contributed by atoms with Crippen LogP contribution >= 0.6 is 11.3 Å². The van der Waals surface area contributed by atoms with Gasteiger partial charge in [-0.3, -0.25) is 4.79 Å². The van der Waals surface area contributed by atoms with Gasteiger partial charge in [0.25, 0.3) is 5.56 Å². The summed E-state index contributed by atoms with van der Waals surface area (Å²) in [6, 6.07) is 21.1. The number of hydrogen-bond acceptors (Lipinski definition) is 6. The lowest BCUT2D eigenvalue weighted by atomic mass is 10.1. The molecule has 2 heterocycles. The van der Waals surface area contributed by atoms with E-state index in [0.29, 0.717) is 34.2 Å². The predicted octanol–water partition coefficient (Wildman–Crippen LogP) is 4.65. The van der Waals surface area contributed by atoms with Gasteiger partial charge in [0.1, 0.15) is 19.0 Å². The minimum absolute atomic E-state index is 0.0517. The molecule has 176 valence electrons. The van der Waals surface area contributed by atoms with E-state index in [1.54, 1.807) is 11.5 Å². The molecule has 0 saturated carbocycles. The van der Waals surface area contributed by atoms with Gasteiger partial charge in [-0.15, -0.1) is 6.58 Å². The van der Waals surface area contributed by atoms with Gasteiger partial charge < -0.3 is 14.2 Å². The highest BCUT2D eigenvalue weighted by Crippen LogP contribution is 2.28. The minimum atomic E-state index is -0.0517. The highest BCUT2D eigenvalue weighted by Gasteiger charge is 2.10. The third-order valence-electron chi connectivity index (χ3n) is 5.54. The molecule has 5 aromatic rings. The lowest BCUT2D eigenvalue weighted by Crippen LogP contribution is -2.22. The second-order valence-corrected chi connectivity index (χ2v) is 8.89. The fourth-order valence-corrected chi connectivity index (χ4v) is 4.85. The molecule has 0 amide bonds. The van der Waals surface area contributed by atoms with Crippen LogP contribution in [0, 0.1) is 0 Å². The molecule has 0 saturated heterocycles. The number of ether oxygens (including phenoxy) is 3. The lowest BCUT2D eigenvalue weighted by Gasteiger charge is -2.12. The van der Waals surface area contributed by atoms with Gasteiger partial charge in [-0.2, -0.15) is 0 Å². The molecule has 6 nitrogen and oxygen atoms in total. The van der Waals surface area contributed by atoms with Crippen LogP contribution in [0.4, 0.5) is 0 Å². The lowest BCUT2D eigenvalue weighted by molar-refractivity contribution is 0.211. The van der Waals surface area contributed by atoms with Crippen LogP contribution in [0.25, 0.3) is 22.1 Å². The van der Waals surface area contributed by atoms with E-state index in [1.165, 1.54) is 11.3 Å². The zero-order valence-corrected chi connectivity index (χ0v) is 20.1. The number of nitrogens with zero attached hydrogens (tertiary/aromatic N) is 2. The normalized spacial score (nSPS) is 11.7. The van der Waals surface area contributed by atoms with Crippen molar-refractivity contribution < 1.29 is 14.2 Å².